The number of hydrogen-bond donors (Lipinski definition) is 1. The zero-order chi connectivity index (χ0) is 16.9. The molecule has 2 atom stereocenters. The normalized spacial score (nSPS) is 18.4. The van der Waals surface area contributed by atoms with Crippen LogP contribution in [-0.2, 0) is 11.3 Å². The van der Waals surface area contributed by atoms with E-state index >= 15 is 0 Å². The van der Waals surface area contributed by atoms with Gasteiger partial charge in [0.15, 0.2) is 0 Å². The number of hydrogen-bond acceptors (Lipinski definition) is 2. The molecule has 0 heterocycles. The average Bonchev–Trinajstić information content (AvgIpc) is 3.11. The van der Waals surface area contributed by atoms with E-state index in [9.17, 15) is 9.90 Å². The van der Waals surface area contributed by atoms with Crippen LogP contribution in [0.2, 0.25) is 0 Å². The molecule has 1 aliphatic carbocycles. The van der Waals surface area contributed by atoms with Crippen LogP contribution in [0.25, 0.3) is 0 Å². The molecule has 1 aliphatic rings. The fraction of sp³-hybridized carbons (Fsp3) is 0.286. The van der Waals surface area contributed by atoms with Crippen LogP contribution < -0.4 is 0 Å². The first-order valence-electron chi connectivity index (χ1n) is 8.44. The monoisotopic (exact) mass is 321 g/mol. The molecule has 3 nitrogen and oxygen atoms in total. The Morgan fingerprint density at radius 1 is 1.12 bits per heavy atom. The second-order valence-corrected chi connectivity index (χ2v) is 6.35. The maximum atomic E-state index is 11.3. The summed E-state index contributed by atoms with van der Waals surface area (Å²) in [5.41, 5.74) is 3.04. The molecule has 1 N–H and O–H groups in total. The molecule has 2 aromatic rings. The Kier molecular flexibility index (Phi) is 5.11. The van der Waals surface area contributed by atoms with Crippen LogP contribution in [0, 0.1) is 0 Å². The van der Waals surface area contributed by atoms with Crippen molar-refractivity contribution in [2.75, 3.05) is 0 Å². The summed E-state index contributed by atoms with van der Waals surface area (Å²) < 4.78 is 0. The summed E-state index contributed by atoms with van der Waals surface area (Å²) in [7, 11) is 0. The van der Waals surface area contributed by atoms with E-state index in [1.165, 1.54) is 11.1 Å². The Hall–Kier alpha value is -2.39. The van der Waals surface area contributed by atoms with Gasteiger partial charge in [0.2, 0.25) is 0 Å². The second-order valence-electron chi connectivity index (χ2n) is 6.35. The summed E-state index contributed by atoms with van der Waals surface area (Å²) in [6.45, 7) is 3.01. The van der Waals surface area contributed by atoms with Gasteiger partial charge in [0.1, 0.15) is 0 Å². The molecule has 0 fully saturated rings. The van der Waals surface area contributed by atoms with Gasteiger partial charge in [-0.25, -0.2) is 4.79 Å². The molecule has 124 valence electrons. The third-order valence-electron chi connectivity index (χ3n) is 4.79. The molecular weight excluding hydrogens is 298 g/mol. The minimum absolute atomic E-state index is 0.159. The van der Waals surface area contributed by atoms with Gasteiger partial charge in [0.05, 0.1) is 0 Å². The number of carboxylic acids is 1. The first-order valence-corrected chi connectivity index (χ1v) is 8.44. The van der Waals surface area contributed by atoms with E-state index in [-0.39, 0.29) is 12.1 Å². The van der Waals surface area contributed by atoms with E-state index in [0.29, 0.717) is 12.0 Å². The van der Waals surface area contributed by atoms with E-state index in [2.05, 4.69) is 48.2 Å². The van der Waals surface area contributed by atoms with Crippen LogP contribution >= 0.6 is 0 Å². The molecule has 0 aliphatic heterocycles. The summed E-state index contributed by atoms with van der Waals surface area (Å²) in [4.78, 5) is 13.7. The van der Waals surface area contributed by atoms with Crippen molar-refractivity contribution < 1.29 is 9.90 Å². The topological polar surface area (TPSA) is 40.5 Å². The molecule has 0 saturated heterocycles. The van der Waals surface area contributed by atoms with Gasteiger partial charge in [0, 0.05) is 24.2 Å². The van der Waals surface area contributed by atoms with Gasteiger partial charge >= 0.3 is 5.97 Å². The van der Waals surface area contributed by atoms with Gasteiger partial charge < -0.3 is 5.11 Å². The van der Waals surface area contributed by atoms with Crippen molar-refractivity contribution in [2.24, 2.45) is 0 Å². The second kappa shape index (κ2) is 7.45. The lowest BCUT2D eigenvalue weighted by molar-refractivity contribution is -0.132. The van der Waals surface area contributed by atoms with Gasteiger partial charge in [-0.05, 0) is 30.9 Å². The van der Waals surface area contributed by atoms with Gasteiger partial charge in [-0.2, -0.15) is 0 Å². The van der Waals surface area contributed by atoms with Gasteiger partial charge in [-0.15, -0.1) is 0 Å². The highest BCUT2D eigenvalue weighted by Crippen LogP contribution is 2.31. The SMILES string of the molecule is C[C@@H](c1ccccc1)N(Cc1ccccc1)[C@@H]1C=C(C(=O)O)CC1. The standard InChI is InChI=1S/C21H23NO2/c1-16(18-10-6-3-7-11-18)22(15-17-8-4-2-5-9-17)20-13-12-19(14-20)21(23)24/h2-11,14,16,20H,12-13,15H2,1H3,(H,23,24)/t16-,20-/m0/s1. The van der Waals surface area contributed by atoms with Gasteiger partial charge in [-0.1, -0.05) is 66.7 Å². The van der Waals surface area contributed by atoms with Crippen molar-refractivity contribution in [3.8, 4) is 0 Å². The molecule has 0 bridgehead atoms. The number of benzene rings is 2. The molecule has 0 spiro atoms. The summed E-state index contributed by atoms with van der Waals surface area (Å²) >= 11 is 0. The smallest absolute Gasteiger partial charge is 0.331 e. The molecule has 0 amide bonds. The maximum Gasteiger partial charge on any atom is 0.331 e. The average molecular weight is 321 g/mol. The van der Waals surface area contributed by atoms with E-state index in [1.807, 2.05) is 30.3 Å². The van der Waals surface area contributed by atoms with Crippen LogP contribution in [0.3, 0.4) is 0 Å². The molecule has 3 heteroatoms. The number of carbonyl (C=O) groups is 1. The third-order valence-corrected chi connectivity index (χ3v) is 4.79. The van der Waals surface area contributed by atoms with Crippen LogP contribution in [-0.4, -0.2) is 22.0 Å². The number of nitrogens with zero attached hydrogens (tertiary/aromatic N) is 1. The lowest BCUT2D eigenvalue weighted by Crippen LogP contribution is -2.34. The van der Waals surface area contributed by atoms with Crippen molar-refractivity contribution in [1.29, 1.82) is 0 Å². The minimum atomic E-state index is -0.787. The third kappa shape index (κ3) is 3.74. The molecular formula is C21H23NO2. The van der Waals surface area contributed by atoms with Crippen molar-refractivity contribution in [3.63, 3.8) is 0 Å². The van der Waals surface area contributed by atoms with Crippen LogP contribution in [0.1, 0.15) is 36.9 Å². The Labute approximate surface area is 143 Å². The van der Waals surface area contributed by atoms with Crippen molar-refractivity contribution in [2.45, 2.75) is 38.4 Å². The highest BCUT2D eigenvalue weighted by atomic mass is 16.4. The number of carboxylic acid groups (broad SMARTS) is 1. The summed E-state index contributed by atoms with van der Waals surface area (Å²) in [6, 6.07) is 21.2. The van der Waals surface area contributed by atoms with Crippen LogP contribution in [0.5, 0.6) is 0 Å². The Morgan fingerprint density at radius 3 is 2.33 bits per heavy atom. The predicted molar refractivity (Wildman–Crippen MR) is 95.6 cm³/mol. The van der Waals surface area contributed by atoms with E-state index in [4.69, 9.17) is 0 Å². The number of rotatable bonds is 6. The van der Waals surface area contributed by atoms with Crippen LogP contribution in [0.4, 0.5) is 0 Å². The molecule has 0 unspecified atom stereocenters. The fourth-order valence-electron chi connectivity index (χ4n) is 3.40. The van der Waals surface area contributed by atoms with Gasteiger partial charge in [-0.3, -0.25) is 4.90 Å². The molecule has 3 rings (SSSR count). The summed E-state index contributed by atoms with van der Waals surface area (Å²) in [6.07, 6.45) is 3.45. The maximum absolute atomic E-state index is 11.3. The minimum Gasteiger partial charge on any atom is -0.478 e. The highest BCUT2D eigenvalue weighted by Gasteiger charge is 2.29. The first kappa shape index (κ1) is 16.5. The van der Waals surface area contributed by atoms with Crippen molar-refractivity contribution in [3.05, 3.63) is 83.4 Å². The molecule has 0 radical (unpaired) electrons. The van der Waals surface area contributed by atoms with Crippen molar-refractivity contribution in [1.82, 2.24) is 4.90 Å². The largest absolute Gasteiger partial charge is 0.478 e. The van der Waals surface area contributed by atoms with E-state index in [1.54, 1.807) is 0 Å². The lowest BCUT2D eigenvalue weighted by atomic mass is 10.0. The van der Waals surface area contributed by atoms with Crippen LogP contribution in [0.15, 0.2) is 72.3 Å². The first-order chi connectivity index (χ1) is 11.6. The predicted octanol–water partition coefficient (Wildman–Crippen LogP) is 4.42. The zero-order valence-corrected chi connectivity index (χ0v) is 13.9. The van der Waals surface area contributed by atoms with Crippen molar-refractivity contribution >= 4 is 5.97 Å². The quantitative estimate of drug-likeness (QED) is 0.856. The Balaban J connectivity index is 1.88. The van der Waals surface area contributed by atoms with Gasteiger partial charge in [0.25, 0.3) is 0 Å². The fourth-order valence-corrected chi connectivity index (χ4v) is 3.40. The lowest BCUT2D eigenvalue weighted by Gasteiger charge is -2.34. The molecule has 0 saturated carbocycles. The Bertz CT molecular complexity index is 709. The zero-order valence-electron chi connectivity index (χ0n) is 13.9. The Morgan fingerprint density at radius 2 is 1.75 bits per heavy atom. The summed E-state index contributed by atoms with van der Waals surface area (Å²) in [5, 5.41) is 9.27. The molecule has 0 aromatic heterocycles. The van der Waals surface area contributed by atoms with E-state index in [0.717, 1.165) is 13.0 Å². The number of aliphatic carboxylic acids is 1. The molecule has 24 heavy (non-hydrogen) atoms. The molecule has 2 aromatic carbocycles. The highest BCUT2D eigenvalue weighted by molar-refractivity contribution is 5.87. The van der Waals surface area contributed by atoms with E-state index < -0.39 is 5.97 Å². The summed E-state index contributed by atoms with van der Waals surface area (Å²) in [5.74, 6) is -0.787.